The molecule has 8 heteroatoms. The molecule has 0 fully saturated rings. The van der Waals surface area contributed by atoms with Crippen molar-refractivity contribution in [3.05, 3.63) is 62.4 Å². The van der Waals surface area contributed by atoms with Crippen molar-refractivity contribution in [2.75, 3.05) is 14.2 Å². The van der Waals surface area contributed by atoms with Crippen molar-refractivity contribution in [3.8, 4) is 11.5 Å². The number of ether oxygens (including phenoxy) is 3. The van der Waals surface area contributed by atoms with Gasteiger partial charge in [-0.25, -0.2) is 9.59 Å². The Morgan fingerprint density at radius 3 is 2.46 bits per heavy atom. The zero-order valence-corrected chi connectivity index (χ0v) is 15.0. The zero-order chi connectivity index (χ0) is 19.3. The van der Waals surface area contributed by atoms with Crippen molar-refractivity contribution in [1.29, 1.82) is 0 Å². The van der Waals surface area contributed by atoms with Crippen LogP contribution in [0.15, 0.2) is 39.9 Å². The maximum atomic E-state index is 11.9. The third-order valence-corrected chi connectivity index (χ3v) is 3.83. The minimum absolute atomic E-state index is 0.190. The van der Waals surface area contributed by atoms with E-state index < -0.39 is 17.2 Å². The van der Waals surface area contributed by atoms with E-state index in [-0.39, 0.29) is 6.61 Å². The molecule has 138 valence electrons. The number of aromatic nitrogens is 2. The summed E-state index contributed by atoms with van der Waals surface area (Å²) < 4.78 is 17.7. The summed E-state index contributed by atoms with van der Waals surface area (Å²) in [7, 11) is 5.95. The standard InChI is InChI=1S/C18H20N2O6/c1-19-13(9-16(21)20(2)18(19)23)11-26-17(22)8-6-12-5-7-14(24-3)10-15(12)25-4/h5-10H,11H2,1-4H3/b8-6+. The van der Waals surface area contributed by atoms with E-state index in [1.165, 1.54) is 37.9 Å². The zero-order valence-electron chi connectivity index (χ0n) is 15.0. The highest BCUT2D eigenvalue weighted by Crippen LogP contribution is 2.25. The third-order valence-electron chi connectivity index (χ3n) is 3.83. The minimum Gasteiger partial charge on any atom is -0.497 e. The Bertz CT molecular complexity index is 955. The molecule has 0 saturated carbocycles. The number of carbonyl (C=O) groups excluding carboxylic acids is 1. The molecule has 0 aliphatic heterocycles. The quantitative estimate of drug-likeness (QED) is 0.561. The molecule has 8 nitrogen and oxygen atoms in total. The lowest BCUT2D eigenvalue weighted by atomic mass is 10.2. The Morgan fingerprint density at radius 1 is 1.08 bits per heavy atom. The van der Waals surface area contributed by atoms with Gasteiger partial charge in [0.2, 0.25) is 0 Å². The van der Waals surface area contributed by atoms with Gasteiger partial charge in [0.15, 0.2) is 0 Å². The lowest BCUT2D eigenvalue weighted by molar-refractivity contribution is -0.139. The van der Waals surface area contributed by atoms with Gasteiger partial charge >= 0.3 is 11.7 Å². The summed E-state index contributed by atoms with van der Waals surface area (Å²) in [6.07, 6.45) is 2.78. The number of rotatable bonds is 6. The summed E-state index contributed by atoms with van der Waals surface area (Å²) in [4.78, 5) is 35.4. The molecule has 0 spiro atoms. The van der Waals surface area contributed by atoms with Crippen LogP contribution in [0.5, 0.6) is 11.5 Å². The van der Waals surface area contributed by atoms with Crippen LogP contribution in [0.2, 0.25) is 0 Å². The predicted molar refractivity (Wildman–Crippen MR) is 95.3 cm³/mol. The summed E-state index contributed by atoms with van der Waals surface area (Å²) in [6.45, 7) is -0.190. The van der Waals surface area contributed by atoms with Crippen molar-refractivity contribution < 1.29 is 19.0 Å². The first kappa shape index (κ1) is 19.0. The normalized spacial score (nSPS) is 10.8. The molecule has 0 N–H and O–H groups in total. The largest absolute Gasteiger partial charge is 0.497 e. The number of hydrogen-bond donors (Lipinski definition) is 0. The number of esters is 1. The van der Waals surface area contributed by atoms with Crippen LogP contribution in [-0.2, 0) is 30.2 Å². The average molecular weight is 360 g/mol. The molecule has 0 amide bonds. The van der Waals surface area contributed by atoms with Crippen LogP contribution in [0.25, 0.3) is 6.08 Å². The van der Waals surface area contributed by atoms with Crippen LogP contribution in [0, 0.1) is 0 Å². The van der Waals surface area contributed by atoms with Gasteiger partial charge in [0, 0.05) is 37.9 Å². The third kappa shape index (κ3) is 4.21. The fourth-order valence-electron chi connectivity index (χ4n) is 2.22. The number of methoxy groups -OCH3 is 2. The molecule has 1 heterocycles. The molecule has 0 aliphatic carbocycles. The fraction of sp³-hybridized carbons (Fsp3) is 0.278. The first-order valence-corrected chi connectivity index (χ1v) is 7.70. The second-order valence-corrected chi connectivity index (χ2v) is 5.42. The number of nitrogens with zero attached hydrogens (tertiary/aromatic N) is 2. The van der Waals surface area contributed by atoms with E-state index in [9.17, 15) is 14.4 Å². The summed E-state index contributed by atoms with van der Waals surface area (Å²) in [5.41, 5.74) is 0.0350. The number of hydrogen-bond acceptors (Lipinski definition) is 6. The number of benzene rings is 1. The van der Waals surface area contributed by atoms with Gasteiger partial charge in [0.25, 0.3) is 5.56 Å². The van der Waals surface area contributed by atoms with Gasteiger partial charge in [0.1, 0.15) is 18.1 Å². The summed E-state index contributed by atoms with van der Waals surface area (Å²) in [5, 5.41) is 0. The van der Waals surface area contributed by atoms with Gasteiger partial charge in [-0.2, -0.15) is 0 Å². The lowest BCUT2D eigenvalue weighted by Crippen LogP contribution is -2.38. The second kappa shape index (κ2) is 8.19. The molecular formula is C18H20N2O6. The molecule has 1 aromatic heterocycles. The number of carbonyl (C=O) groups is 1. The molecular weight excluding hydrogens is 340 g/mol. The van der Waals surface area contributed by atoms with Gasteiger partial charge in [-0.3, -0.25) is 13.9 Å². The second-order valence-electron chi connectivity index (χ2n) is 5.42. The molecule has 0 atom stereocenters. The van der Waals surface area contributed by atoms with E-state index in [0.717, 1.165) is 4.57 Å². The van der Waals surface area contributed by atoms with Gasteiger partial charge in [-0.1, -0.05) is 0 Å². The molecule has 0 bridgehead atoms. The van der Waals surface area contributed by atoms with Crippen LogP contribution in [-0.4, -0.2) is 29.3 Å². The van der Waals surface area contributed by atoms with Crippen molar-refractivity contribution in [1.82, 2.24) is 9.13 Å². The molecule has 0 aliphatic rings. The van der Waals surface area contributed by atoms with Crippen LogP contribution >= 0.6 is 0 Å². The van der Waals surface area contributed by atoms with E-state index in [1.807, 2.05) is 0 Å². The predicted octanol–water partition coefficient (Wildman–Crippen LogP) is 0.858. The van der Waals surface area contributed by atoms with Gasteiger partial charge in [-0.15, -0.1) is 0 Å². The van der Waals surface area contributed by atoms with Crippen LogP contribution in [0.3, 0.4) is 0 Å². The Kier molecular flexibility index (Phi) is 6.00. The molecule has 2 aromatic rings. The molecule has 1 aromatic carbocycles. The van der Waals surface area contributed by atoms with Crippen molar-refractivity contribution in [2.45, 2.75) is 6.61 Å². The maximum absolute atomic E-state index is 11.9. The Labute approximate surface area is 149 Å². The van der Waals surface area contributed by atoms with Crippen LogP contribution < -0.4 is 20.7 Å². The molecule has 26 heavy (non-hydrogen) atoms. The van der Waals surface area contributed by atoms with Crippen LogP contribution in [0.1, 0.15) is 11.3 Å². The SMILES string of the molecule is COc1ccc(/C=C/C(=O)OCc2cc(=O)n(C)c(=O)n2C)c(OC)c1. The molecule has 0 radical (unpaired) electrons. The van der Waals surface area contributed by atoms with E-state index in [4.69, 9.17) is 14.2 Å². The highest BCUT2D eigenvalue weighted by atomic mass is 16.5. The fourth-order valence-corrected chi connectivity index (χ4v) is 2.22. The molecule has 0 saturated heterocycles. The first-order chi connectivity index (χ1) is 12.4. The van der Waals surface area contributed by atoms with Crippen molar-refractivity contribution in [2.24, 2.45) is 14.1 Å². The highest BCUT2D eigenvalue weighted by Gasteiger charge is 2.08. The Morgan fingerprint density at radius 2 is 1.81 bits per heavy atom. The van der Waals surface area contributed by atoms with Crippen LogP contribution in [0.4, 0.5) is 0 Å². The highest BCUT2D eigenvalue weighted by molar-refractivity contribution is 5.87. The summed E-state index contributed by atoms with van der Waals surface area (Å²) >= 11 is 0. The summed E-state index contributed by atoms with van der Waals surface area (Å²) in [5.74, 6) is 0.562. The van der Waals surface area contributed by atoms with Crippen molar-refractivity contribution >= 4 is 12.0 Å². The van der Waals surface area contributed by atoms with Gasteiger partial charge < -0.3 is 14.2 Å². The molecule has 2 rings (SSSR count). The van der Waals surface area contributed by atoms with E-state index in [1.54, 1.807) is 31.4 Å². The van der Waals surface area contributed by atoms with E-state index in [0.29, 0.717) is 22.8 Å². The van der Waals surface area contributed by atoms with Gasteiger partial charge in [0.05, 0.1) is 19.9 Å². The minimum atomic E-state index is -0.615. The average Bonchev–Trinajstić information content (AvgIpc) is 2.66. The Hall–Kier alpha value is -3.29. The lowest BCUT2D eigenvalue weighted by Gasteiger charge is -2.09. The maximum Gasteiger partial charge on any atom is 0.331 e. The summed E-state index contributed by atoms with van der Waals surface area (Å²) in [6, 6.07) is 6.43. The Balaban J connectivity index is 2.09. The van der Waals surface area contributed by atoms with E-state index >= 15 is 0 Å². The van der Waals surface area contributed by atoms with Gasteiger partial charge in [-0.05, 0) is 18.2 Å². The smallest absolute Gasteiger partial charge is 0.331 e. The molecule has 0 unspecified atom stereocenters. The monoisotopic (exact) mass is 360 g/mol. The van der Waals surface area contributed by atoms with E-state index in [2.05, 4.69) is 0 Å². The van der Waals surface area contributed by atoms with Crippen molar-refractivity contribution in [3.63, 3.8) is 0 Å². The first-order valence-electron chi connectivity index (χ1n) is 7.70. The topological polar surface area (TPSA) is 88.8 Å².